The van der Waals surface area contributed by atoms with Crippen molar-refractivity contribution in [1.82, 2.24) is 24.4 Å². The predicted octanol–water partition coefficient (Wildman–Crippen LogP) is 3.50. The van der Waals surface area contributed by atoms with Crippen LogP contribution in [0.1, 0.15) is 39.2 Å². The number of anilines is 1. The van der Waals surface area contributed by atoms with Crippen LogP contribution in [0, 0.1) is 0 Å². The highest BCUT2D eigenvalue weighted by Gasteiger charge is 2.19. The lowest BCUT2D eigenvalue weighted by Crippen LogP contribution is -2.27. The number of fused-ring (bicyclic) bond motifs is 1. The van der Waals surface area contributed by atoms with Crippen molar-refractivity contribution in [3.05, 3.63) is 36.7 Å². The Hall–Kier alpha value is -2.96. The minimum atomic E-state index is 0.262. The van der Waals surface area contributed by atoms with E-state index in [0.717, 1.165) is 55.0 Å². The average molecular weight is 378 g/mol. The van der Waals surface area contributed by atoms with Crippen LogP contribution < -0.4 is 5.32 Å². The van der Waals surface area contributed by atoms with Gasteiger partial charge >= 0.3 is 0 Å². The van der Waals surface area contributed by atoms with Gasteiger partial charge < -0.3 is 14.8 Å². The van der Waals surface area contributed by atoms with Crippen molar-refractivity contribution in [3.8, 4) is 11.4 Å². The van der Waals surface area contributed by atoms with Crippen LogP contribution in [0.2, 0.25) is 0 Å². The molecule has 1 aliphatic heterocycles. The van der Waals surface area contributed by atoms with Crippen molar-refractivity contribution in [1.29, 1.82) is 0 Å². The number of hydrogen-bond acceptors (Lipinski definition) is 5. The van der Waals surface area contributed by atoms with Gasteiger partial charge in [0, 0.05) is 37.7 Å². The fraction of sp³-hybridized carbons (Fsp3) is 0.429. The zero-order chi connectivity index (χ0) is 19.5. The van der Waals surface area contributed by atoms with E-state index in [2.05, 4.69) is 28.7 Å². The van der Waals surface area contributed by atoms with Crippen molar-refractivity contribution in [2.45, 2.75) is 39.2 Å². The monoisotopic (exact) mass is 378 g/mol. The molecule has 28 heavy (non-hydrogen) atoms. The topological polar surface area (TPSA) is 75.9 Å². The smallest absolute Gasteiger partial charge is 0.222 e. The average Bonchev–Trinajstić information content (AvgIpc) is 3.32. The van der Waals surface area contributed by atoms with Crippen molar-refractivity contribution in [2.24, 2.45) is 0 Å². The van der Waals surface area contributed by atoms with E-state index in [-0.39, 0.29) is 11.9 Å². The number of nitrogens with one attached hydrogen (secondary N) is 1. The first-order valence-corrected chi connectivity index (χ1v) is 9.95. The lowest BCUT2D eigenvalue weighted by atomic mass is 10.2. The summed E-state index contributed by atoms with van der Waals surface area (Å²) in [6, 6.07) is 10.3. The van der Waals surface area contributed by atoms with Crippen LogP contribution in [-0.4, -0.2) is 50.0 Å². The molecule has 0 unspecified atom stereocenters. The minimum absolute atomic E-state index is 0.262. The zero-order valence-electron chi connectivity index (χ0n) is 16.4. The standard InChI is InChI=1S/C21H26N6O/c1-15(2)27-14-23-18-20(22-11-7-13-26-12-6-10-17(26)28)24-19(25-21(18)27)16-8-4-3-5-9-16/h3-5,8-9,14-15H,6-7,10-13H2,1-2H3,(H,22,24,25). The molecule has 3 heterocycles. The summed E-state index contributed by atoms with van der Waals surface area (Å²) >= 11 is 0. The Kier molecular flexibility index (Phi) is 5.23. The number of likely N-dealkylation sites (tertiary alicyclic amines) is 1. The molecule has 0 saturated carbocycles. The van der Waals surface area contributed by atoms with Gasteiger partial charge in [-0.05, 0) is 26.7 Å². The molecule has 1 aromatic carbocycles. The second kappa shape index (κ2) is 7.96. The number of amides is 1. The van der Waals surface area contributed by atoms with Crippen LogP contribution in [-0.2, 0) is 4.79 Å². The number of imidazole rings is 1. The van der Waals surface area contributed by atoms with E-state index in [4.69, 9.17) is 9.97 Å². The Bertz CT molecular complexity index is 966. The molecule has 0 bridgehead atoms. The maximum atomic E-state index is 11.8. The molecule has 0 atom stereocenters. The maximum absolute atomic E-state index is 11.8. The highest BCUT2D eigenvalue weighted by atomic mass is 16.2. The van der Waals surface area contributed by atoms with Gasteiger partial charge in [-0.15, -0.1) is 0 Å². The van der Waals surface area contributed by atoms with E-state index in [1.807, 2.05) is 41.6 Å². The predicted molar refractivity (Wildman–Crippen MR) is 110 cm³/mol. The van der Waals surface area contributed by atoms with Crippen LogP contribution in [0.25, 0.3) is 22.6 Å². The Morgan fingerprint density at radius 1 is 1.18 bits per heavy atom. The van der Waals surface area contributed by atoms with E-state index in [0.29, 0.717) is 12.2 Å². The van der Waals surface area contributed by atoms with E-state index >= 15 is 0 Å². The highest BCUT2D eigenvalue weighted by molar-refractivity contribution is 5.85. The highest BCUT2D eigenvalue weighted by Crippen LogP contribution is 2.25. The van der Waals surface area contributed by atoms with Gasteiger partial charge in [-0.1, -0.05) is 30.3 Å². The lowest BCUT2D eigenvalue weighted by Gasteiger charge is -2.16. The largest absolute Gasteiger partial charge is 0.368 e. The van der Waals surface area contributed by atoms with Crippen molar-refractivity contribution in [2.75, 3.05) is 25.0 Å². The second-order valence-corrected chi connectivity index (χ2v) is 7.44. The van der Waals surface area contributed by atoms with Gasteiger partial charge in [0.2, 0.25) is 5.91 Å². The molecule has 2 aromatic heterocycles. The molecule has 1 amide bonds. The number of carbonyl (C=O) groups excluding carboxylic acids is 1. The maximum Gasteiger partial charge on any atom is 0.222 e. The Balaban J connectivity index is 1.58. The first-order valence-electron chi connectivity index (χ1n) is 9.95. The molecule has 146 valence electrons. The van der Waals surface area contributed by atoms with Gasteiger partial charge in [0.05, 0.1) is 6.33 Å². The molecule has 7 heteroatoms. The second-order valence-electron chi connectivity index (χ2n) is 7.44. The van der Waals surface area contributed by atoms with E-state index in [9.17, 15) is 4.79 Å². The molecular weight excluding hydrogens is 352 g/mol. The van der Waals surface area contributed by atoms with E-state index in [1.165, 1.54) is 0 Å². The van der Waals surface area contributed by atoms with Crippen molar-refractivity contribution in [3.63, 3.8) is 0 Å². The molecule has 1 N–H and O–H groups in total. The molecule has 7 nitrogen and oxygen atoms in total. The molecule has 4 rings (SSSR count). The van der Waals surface area contributed by atoms with Gasteiger partial charge in [0.25, 0.3) is 0 Å². The third-order valence-corrected chi connectivity index (χ3v) is 5.08. The van der Waals surface area contributed by atoms with E-state index < -0.39 is 0 Å². The van der Waals surface area contributed by atoms with Gasteiger partial charge in [-0.25, -0.2) is 15.0 Å². The summed E-state index contributed by atoms with van der Waals surface area (Å²) in [6.45, 7) is 6.63. The Morgan fingerprint density at radius 3 is 2.71 bits per heavy atom. The first-order chi connectivity index (χ1) is 13.6. The van der Waals surface area contributed by atoms with Gasteiger partial charge in [0.15, 0.2) is 17.3 Å². The first kappa shape index (κ1) is 18.4. The van der Waals surface area contributed by atoms with Crippen molar-refractivity contribution >= 4 is 22.9 Å². The summed E-state index contributed by atoms with van der Waals surface area (Å²) in [5.74, 6) is 1.70. The SMILES string of the molecule is CC(C)n1cnc2c(NCCCN3CCCC3=O)nc(-c3ccccc3)nc21. The normalized spacial score (nSPS) is 14.4. The summed E-state index contributed by atoms with van der Waals surface area (Å²) in [7, 11) is 0. The molecule has 0 aliphatic carbocycles. The number of rotatable bonds is 7. The molecular formula is C21H26N6O. The summed E-state index contributed by atoms with van der Waals surface area (Å²) in [5, 5.41) is 3.42. The lowest BCUT2D eigenvalue weighted by molar-refractivity contribution is -0.127. The zero-order valence-corrected chi connectivity index (χ0v) is 16.4. The van der Waals surface area contributed by atoms with E-state index in [1.54, 1.807) is 0 Å². The number of benzene rings is 1. The number of aromatic nitrogens is 4. The summed E-state index contributed by atoms with van der Waals surface area (Å²) in [6.07, 6.45) is 4.37. The fourth-order valence-corrected chi connectivity index (χ4v) is 3.55. The van der Waals surface area contributed by atoms with Gasteiger partial charge in [-0.2, -0.15) is 0 Å². The quantitative estimate of drug-likeness (QED) is 0.637. The van der Waals surface area contributed by atoms with Crippen LogP contribution in [0.5, 0.6) is 0 Å². The molecule has 1 fully saturated rings. The minimum Gasteiger partial charge on any atom is -0.368 e. The summed E-state index contributed by atoms with van der Waals surface area (Å²) in [4.78, 5) is 27.8. The molecule has 0 spiro atoms. The van der Waals surface area contributed by atoms with Crippen LogP contribution in [0.4, 0.5) is 5.82 Å². The molecule has 1 aliphatic rings. The number of nitrogens with zero attached hydrogens (tertiary/aromatic N) is 5. The van der Waals surface area contributed by atoms with Gasteiger partial charge in [-0.3, -0.25) is 4.79 Å². The van der Waals surface area contributed by atoms with Crippen molar-refractivity contribution < 1.29 is 4.79 Å². The number of hydrogen-bond donors (Lipinski definition) is 1. The molecule has 0 radical (unpaired) electrons. The van der Waals surface area contributed by atoms with Crippen LogP contribution >= 0.6 is 0 Å². The number of carbonyl (C=O) groups is 1. The molecule has 3 aromatic rings. The Labute approximate surface area is 164 Å². The molecule has 1 saturated heterocycles. The third-order valence-electron chi connectivity index (χ3n) is 5.08. The van der Waals surface area contributed by atoms with Crippen LogP contribution in [0.3, 0.4) is 0 Å². The fourth-order valence-electron chi connectivity index (χ4n) is 3.55. The van der Waals surface area contributed by atoms with Gasteiger partial charge in [0.1, 0.15) is 5.52 Å². The summed E-state index contributed by atoms with van der Waals surface area (Å²) in [5.41, 5.74) is 2.60. The third kappa shape index (κ3) is 3.69. The summed E-state index contributed by atoms with van der Waals surface area (Å²) < 4.78 is 2.07. The van der Waals surface area contributed by atoms with Crippen LogP contribution in [0.15, 0.2) is 36.7 Å². The Morgan fingerprint density at radius 2 is 2.00 bits per heavy atom.